The molecule has 1 aromatic rings. The summed E-state index contributed by atoms with van der Waals surface area (Å²) in [5, 5.41) is 23.5. The van der Waals surface area contributed by atoms with Crippen LogP contribution < -0.4 is 9.62 Å². The van der Waals surface area contributed by atoms with E-state index in [4.69, 9.17) is 0 Å². The molecular formula is C19H31N5O6S. The van der Waals surface area contributed by atoms with Gasteiger partial charge in [-0.05, 0) is 39.5 Å². The minimum absolute atomic E-state index is 0.0335. The Morgan fingerprint density at radius 2 is 1.48 bits per heavy atom. The van der Waals surface area contributed by atoms with E-state index in [1.165, 1.54) is 0 Å². The van der Waals surface area contributed by atoms with Crippen LogP contribution in [0.15, 0.2) is 17.0 Å². The summed E-state index contributed by atoms with van der Waals surface area (Å²) in [5.74, 6) is 0. The topological polar surface area (TPSA) is 139 Å². The number of anilines is 1. The smallest absolute Gasteiger partial charge is 0.301 e. The van der Waals surface area contributed by atoms with Gasteiger partial charge in [0.2, 0.25) is 10.0 Å². The van der Waals surface area contributed by atoms with Gasteiger partial charge in [0.05, 0.1) is 21.4 Å². The number of likely N-dealkylation sites (tertiary alicyclic amines) is 1. The lowest BCUT2D eigenvalue weighted by atomic mass is 10.2. The minimum Gasteiger partial charge on any atom is -0.360 e. The van der Waals surface area contributed by atoms with Crippen LogP contribution in [-0.4, -0.2) is 55.0 Å². The van der Waals surface area contributed by atoms with Crippen molar-refractivity contribution < 1.29 is 18.3 Å². The van der Waals surface area contributed by atoms with Gasteiger partial charge in [-0.25, -0.2) is 8.42 Å². The van der Waals surface area contributed by atoms with Gasteiger partial charge in [0.25, 0.3) is 0 Å². The first-order valence-corrected chi connectivity index (χ1v) is 12.0. The Hall–Kier alpha value is -2.31. The molecule has 1 aliphatic heterocycles. The molecule has 11 nitrogen and oxygen atoms in total. The molecule has 2 rings (SSSR count). The molecule has 1 heterocycles. The Morgan fingerprint density at radius 3 is 1.87 bits per heavy atom. The highest BCUT2D eigenvalue weighted by Crippen LogP contribution is 2.40. The molecule has 0 amide bonds. The van der Waals surface area contributed by atoms with Crippen LogP contribution >= 0.6 is 0 Å². The zero-order valence-electron chi connectivity index (χ0n) is 18.4. The maximum Gasteiger partial charge on any atom is 0.301 e. The van der Waals surface area contributed by atoms with Crippen molar-refractivity contribution in [3.63, 3.8) is 0 Å². The lowest BCUT2D eigenvalue weighted by Crippen LogP contribution is -2.42. The molecule has 1 aromatic carbocycles. The fourth-order valence-electron chi connectivity index (χ4n) is 4.01. The Bertz CT molecular complexity index is 871. The summed E-state index contributed by atoms with van der Waals surface area (Å²) in [6.45, 7) is 8.52. The van der Waals surface area contributed by atoms with E-state index in [1.807, 2.05) is 32.6 Å². The second-order valence-corrected chi connectivity index (χ2v) is 9.67. The fraction of sp³-hybridized carbons (Fsp3) is 0.684. The molecule has 0 spiro atoms. The Morgan fingerprint density at radius 1 is 1.03 bits per heavy atom. The van der Waals surface area contributed by atoms with Gasteiger partial charge in [0.1, 0.15) is 0 Å². The molecule has 12 heteroatoms. The van der Waals surface area contributed by atoms with E-state index in [1.54, 1.807) is 4.90 Å². The summed E-state index contributed by atoms with van der Waals surface area (Å²) in [4.78, 5) is 25.1. The highest BCUT2D eigenvalue weighted by molar-refractivity contribution is 7.89. The first-order valence-electron chi connectivity index (χ1n) is 10.5. The Kier molecular flexibility index (Phi) is 8.32. The van der Waals surface area contributed by atoms with Gasteiger partial charge < -0.3 is 4.90 Å². The molecule has 174 valence electrons. The van der Waals surface area contributed by atoms with Crippen LogP contribution in [0, 0.1) is 20.2 Å². The fourth-order valence-corrected chi connectivity index (χ4v) is 5.03. The van der Waals surface area contributed by atoms with Gasteiger partial charge in [-0.1, -0.05) is 13.8 Å². The standard InChI is InChI=1S/C19H31N5O6S/c1-5-9-21(10-6-2)19-17(23(25)26)11-16(12-18(19)24(27)28)31(29,30)20-13-22-14(3)7-8-15(22)4/h11-12,14-15,20H,5-10,13H2,1-4H3. The van der Waals surface area contributed by atoms with Crippen molar-refractivity contribution in [1.29, 1.82) is 0 Å². The van der Waals surface area contributed by atoms with Crippen molar-refractivity contribution in [2.24, 2.45) is 0 Å². The van der Waals surface area contributed by atoms with Crippen molar-refractivity contribution in [2.75, 3.05) is 24.7 Å². The van der Waals surface area contributed by atoms with Crippen LogP contribution in [0.3, 0.4) is 0 Å². The van der Waals surface area contributed by atoms with Crippen LogP contribution in [-0.2, 0) is 10.0 Å². The Balaban J connectivity index is 2.51. The van der Waals surface area contributed by atoms with Crippen LogP contribution in [0.5, 0.6) is 0 Å². The average molecular weight is 458 g/mol. The van der Waals surface area contributed by atoms with Crippen molar-refractivity contribution in [3.8, 4) is 0 Å². The van der Waals surface area contributed by atoms with E-state index in [0.29, 0.717) is 25.9 Å². The number of nitro benzene ring substituents is 2. The average Bonchev–Trinajstić information content (AvgIpc) is 3.02. The number of hydrogen-bond acceptors (Lipinski definition) is 8. The minimum atomic E-state index is -4.19. The molecule has 1 N–H and O–H groups in total. The lowest BCUT2D eigenvalue weighted by Gasteiger charge is -2.26. The summed E-state index contributed by atoms with van der Waals surface area (Å²) >= 11 is 0. The van der Waals surface area contributed by atoms with Crippen LogP contribution in [0.1, 0.15) is 53.4 Å². The number of benzene rings is 1. The monoisotopic (exact) mass is 457 g/mol. The third kappa shape index (κ3) is 5.69. The van der Waals surface area contributed by atoms with Gasteiger partial charge >= 0.3 is 11.4 Å². The predicted molar refractivity (Wildman–Crippen MR) is 118 cm³/mol. The summed E-state index contributed by atoms with van der Waals surface area (Å²) in [7, 11) is -4.19. The third-order valence-electron chi connectivity index (χ3n) is 5.62. The molecule has 1 fully saturated rings. The molecular weight excluding hydrogens is 426 g/mol. The van der Waals surface area contributed by atoms with E-state index in [0.717, 1.165) is 25.0 Å². The van der Waals surface area contributed by atoms with E-state index in [9.17, 15) is 28.6 Å². The van der Waals surface area contributed by atoms with Gasteiger partial charge in [0, 0.05) is 37.3 Å². The van der Waals surface area contributed by atoms with Crippen molar-refractivity contribution in [2.45, 2.75) is 70.4 Å². The highest BCUT2D eigenvalue weighted by Gasteiger charge is 2.34. The number of sulfonamides is 1. The van der Waals surface area contributed by atoms with Gasteiger partial charge in [-0.15, -0.1) is 0 Å². The molecule has 1 saturated heterocycles. The number of hydrogen-bond donors (Lipinski definition) is 1. The number of nitrogens with zero attached hydrogens (tertiary/aromatic N) is 4. The molecule has 0 aromatic heterocycles. The van der Waals surface area contributed by atoms with Crippen LogP contribution in [0.4, 0.5) is 17.1 Å². The third-order valence-corrected chi connectivity index (χ3v) is 6.99. The van der Waals surface area contributed by atoms with Gasteiger partial charge in [0.15, 0.2) is 5.69 Å². The van der Waals surface area contributed by atoms with Crippen molar-refractivity contribution in [1.82, 2.24) is 9.62 Å². The summed E-state index contributed by atoms with van der Waals surface area (Å²) in [5.41, 5.74) is -1.32. The zero-order valence-corrected chi connectivity index (χ0v) is 19.2. The molecule has 31 heavy (non-hydrogen) atoms. The molecule has 0 radical (unpaired) electrons. The predicted octanol–water partition coefficient (Wildman–Crippen LogP) is 3.24. The largest absolute Gasteiger partial charge is 0.360 e. The normalized spacial score (nSPS) is 19.5. The van der Waals surface area contributed by atoms with E-state index < -0.39 is 36.1 Å². The second-order valence-electron chi connectivity index (χ2n) is 7.91. The molecule has 2 atom stereocenters. The van der Waals surface area contributed by atoms with Crippen LogP contribution in [0.25, 0.3) is 0 Å². The second kappa shape index (κ2) is 10.3. The summed E-state index contributed by atoms with van der Waals surface area (Å²) < 4.78 is 28.2. The number of rotatable bonds is 11. The quantitative estimate of drug-likeness (QED) is 0.395. The summed E-state index contributed by atoms with van der Waals surface area (Å²) in [6.07, 6.45) is 3.14. The van der Waals surface area contributed by atoms with Gasteiger partial charge in [-0.2, -0.15) is 4.72 Å². The van der Waals surface area contributed by atoms with Crippen LogP contribution in [0.2, 0.25) is 0 Å². The Labute approximate surface area is 182 Å². The molecule has 0 bridgehead atoms. The number of nitrogens with one attached hydrogen (secondary N) is 1. The lowest BCUT2D eigenvalue weighted by molar-refractivity contribution is -0.393. The molecule has 0 saturated carbocycles. The number of nitro groups is 2. The zero-order chi connectivity index (χ0) is 23.3. The highest BCUT2D eigenvalue weighted by atomic mass is 32.2. The van der Waals surface area contributed by atoms with E-state index in [2.05, 4.69) is 4.72 Å². The van der Waals surface area contributed by atoms with E-state index in [-0.39, 0.29) is 24.4 Å². The summed E-state index contributed by atoms with van der Waals surface area (Å²) in [6, 6.07) is 2.22. The maximum absolute atomic E-state index is 12.9. The van der Waals surface area contributed by atoms with E-state index >= 15 is 0 Å². The first kappa shape index (κ1) is 25.0. The maximum atomic E-state index is 12.9. The molecule has 1 aliphatic rings. The van der Waals surface area contributed by atoms with Crippen molar-refractivity contribution >= 4 is 27.1 Å². The SMILES string of the molecule is CCCN(CCC)c1c([N+](=O)[O-])cc(S(=O)(=O)NCN2C(C)CCC2C)cc1[N+](=O)[O-]. The first-order chi connectivity index (χ1) is 14.5. The molecule has 2 unspecified atom stereocenters. The molecule has 0 aliphatic carbocycles. The van der Waals surface area contributed by atoms with Gasteiger partial charge in [-0.3, -0.25) is 25.1 Å². The van der Waals surface area contributed by atoms with Crippen molar-refractivity contribution in [3.05, 3.63) is 32.4 Å².